The molecule has 0 radical (unpaired) electrons. The first-order valence-corrected chi connectivity index (χ1v) is 15.9. The third kappa shape index (κ3) is 8.78. The number of likely N-dealkylation sites (tertiary alicyclic amines) is 1. The molecular formula is C32H40ClN5O4S. The lowest BCUT2D eigenvalue weighted by atomic mass is 10.0. The summed E-state index contributed by atoms with van der Waals surface area (Å²) in [7, 11) is 1.35. The van der Waals surface area contributed by atoms with Crippen molar-refractivity contribution >= 4 is 40.8 Å². The van der Waals surface area contributed by atoms with Gasteiger partial charge in [0.05, 0.1) is 23.9 Å². The topological polar surface area (TPSA) is 104 Å². The summed E-state index contributed by atoms with van der Waals surface area (Å²) in [6.45, 7) is 9.10. The molecule has 1 aliphatic heterocycles. The molecule has 1 atom stereocenters. The van der Waals surface area contributed by atoms with E-state index in [4.69, 9.17) is 16.3 Å². The second kappa shape index (κ2) is 15.3. The quantitative estimate of drug-likeness (QED) is 0.213. The van der Waals surface area contributed by atoms with Crippen LogP contribution in [0.1, 0.15) is 69.3 Å². The molecule has 0 saturated carbocycles. The standard InChI is InChI=1S/C32H40ClN5O4S/c1-21-17-28(33)36-23(3)29(21)30(39)34-13-9-22(2)37-14-10-27(11-15-37)38(19-25-12-16-43-20-25)32(41)35-18-24-5-7-26(8-6-24)31(40)42-4/h5-8,12,16-17,20,22,27H,9-11,13-15,18-19H2,1-4H3,(H,34,39)(H,35,41). The molecule has 1 aromatic carbocycles. The second-order valence-electron chi connectivity index (χ2n) is 11.0. The number of hydrogen-bond acceptors (Lipinski definition) is 7. The molecule has 2 aromatic heterocycles. The number of rotatable bonds is 11. The number of nitrogens with zero attached hydrogens (tertiary/aromatic N) is 3. The van der Waals surface area contributed by atoms with Crippen LogP contribution < -0.4 is 10.6 Å². The van der Waals surface area contributed by atoms with Crippen LogP contribution in [0.3, 0.4) is 0 Å². The highest BCUT2D eigenvalue weighted by Gasteiger charge is 2.30. The van der Waals surface area contributed by atoms with E-state index in [0.29, 0.717) is 47.7 Å². The van der Waals surface area contributed by atoms with Gasteiger partial charge in [0, 0.05) is 44.8 Å². The zero-order valence-electron chi connectivity index (χ0n) is 25.2. The molecule has 0 spiro atoms. The predicted octanol–water partition coefficient (Wildman–Crippen LogP) is 5.58. The fourth-order valence-corrected chi connectivity index (χ4v) is 6.48. The highest BCUT2D eigenvalue weighted by atomic mass is 35.5. The van der Waals surface area contributed by atoms with Gasteiger partial charge in [0.15, 0.2) is 0 Å². The van der Waals surface area contributed by atoms with Crippen LogP contribution >= 0.6 is 22.9 Å². The molecule has 1 saturated heterocycles. The summed E-state index contributed by atoms with van der Waals surface area (Å²) in [5.74, 6) is -0.511. The first-order valence-electron chi connectivity index (χ1n) is 14.5. The van der Waals surface area contributed by atoms with Crippen molar-refractivity contribution in [3.05, 3.63) is 85.8 Å². The average molecular weight is 626 g/mol. The van der Waals surface area contributed by atoms with Gasteiger partial charge in [-0.25, -0.2) is 14.6 Å². The van der Waals surface area contributed by atoms with E-state index < -0.39 is 0 Å². The number of piperidine rings is 1. The van der Waals surface area contributed by atoms with Gasteiger partial charge >= 0.3 is 12.0 Å². The number of carbonyl (C=O) groups is 3. The molecule has 0 bridgehead atoms. The second-order valence-corrected chi connectivity index (χ2v) is 12.2. The van der Waals surface area contributed by atoms with Crippen molar-refractivity contribution in [2.75, 3.05) is 26.7 Å². The number of urea groups is 1. The van der Waals surface area contributed by atoms with Crippen LogP contribution in [0.5, 0.6) is 0 Å². The maximum Gasteiger partial charge on any atom is 0.337 e. The number of aryl methyl sites for hydroxylation is 2. The molecule has 1 aliphatic rings. The van der Waals surface area contributed by atoms with Gasteiger partial charge in [-0.3, -0.25) is 4.79 Å². The van der Waals surface area contributed by atoms with Crippen molar-refractivity contribution in [2.45, 2.75) is 65.2 Å². The van der Waals surface area contributed by atoms with Crippen LogP contribution in [0.2, 0.25) is 5.15 Å². The third-order valence-electron chi connectivity index (χ3n) is 8.02. The highest BCUT2D eigenvalue weighted by molar-refractivity contribution is 7.07. The minimum Gasteiger partial charge on any atom is -0.465 e. The monoisotopic (exact) mass is 625 g/mol. The molecule has 4 rings (SSSR count). The van der Waals surface area contributed by atoms with Crippen molar-refractivity contribution in [1.29, 1.82) is 0 Å². The number of carbonyl (C=O) groups excluding carboxylic acids is 3. The highest BCUT2D eigenvalue weighted by Crippen LogP contribution is 2.23. The molecule has 0 aliphatic carbocycles. The summed E-state index contributed by atoms with van der Waals surface area (Å²) in [5.41, 5.74) is 4.53. The normalized spacial score (nSPS) is 14.6. The Morgan fingerprint density at radius 2 is 1.84 bits per heavy atom. The van der Waals surface area contributed by atoms with Crippen LogP contribution in [-0.4, -0.2) is 71.5 Å². The van der Waals surface area contributed by atoms with Crippen molar-refractivity contribution in [2.24, 2.45) is 0 Å². The number of benzene rings is 1. The Morgan fingerprint density at radius 1 is 1.12 bits per heavy atom. The summed E-state index contributed by atoms with van der Waals surface area (Å²) in [6.07, 6.45) is 2.57. The molecule has 230 valence electrons. The molecule has 1 unspecified atom stereocenters. The van der Waals surface area contributed by atoms with Gasteiger partial charge in [0.25, 0.3) is 5.91 Å². The van der Waals surface area contributed by atoms with Crippen LogP contribution in [0.4, 0.5) is 4.79 Å². The van der Waals surface area contributed by atoms with Crippen molar-refractivity contribution in [3.8, 4) is 0 Å². The molecule has 2 N–H and O–H groups in total. The minimum atomic E-state index is -0.386. The summed E-state index contributed by atoms with van der Waals surface area (Å²) >= 11 is 7.64. The third-order valence-corrected chi connectivity index (χ3v) is 8.94. The molecule has 11 heteroatoms. The zero-order chi connectivity index (χ0) is 30.9. The molecule has 9 nitrogen and oxygen atoms in total. The molecule has 1 fully saturated rings. The Hall–Kier alpha value is -3.47. The molecule has 3 aromatic rings. The van der Waals surface area contributed by atoms with Gasteiger partial charge in [-0.1, -0.05) is 23.7 Å². The first kappa shape index (κ1) is 32.4. The van der Waals surface area contributed by atoms with E-state index in [9.17, 15) is 14.4 Å². The van der Waals surface area contributed by atoms with Crippen LogP contribution in [0.15, 0.2) is 47.2 Å². The summed E-state index contributed by atoms with van der Waals surface area (Å²) in [5, 5.41) is 10.6. The fourth-order valence-electron chi connectivity index (χ4n) is 5.53. The van der Waals surface area contributed by atoms with Gasteiger partial charge < -0.3 is 25.2 Å². The fraction of sp³-hybridized carbons (Fsp3) is 0.438. The number of esters is 1. The molecule has 43 heavy (non-hydrogen) atoms. The molecule has 3 heterocycles. The minimum absolute atomic E-state index is 0.0975. The van der Waals surface area contributed by atoms with E-state index in [-0.39, 0.29) is 23.9 Å². The number of pyridine rings is 1. The Balaban J connectivity index is 1.28. The zero-order valence-corrected chi connectivity index (χ0v) is 26.8. The lowest BCUT2D eigenvalue weighted by Crippen LogP contribution is -2.51. The maximum absolute atomic E-state index is 13.4. The largest absolute Gasteiger partial charge is 0.465 e. The number of ether oxygens (including phenoxy) is 1. The lowest BCUT2D eigenvalue weighted by Gasteiger charge is -2.40. The SMILES string of the molecule is COC(=O)c1ccc(CNC(=O)N(Cc2ccsc2)C2CCN(C(C)CCNC(=O)c3c(C)cc(Cl)nc3C)CC2)cc1. The van der Waals surface area contributed by atoms with Crippen LogP contribution in [0.25, 0.3) is 0 Å². The number of aromatic nitrogens is 1. The van der Waals surface area contributed by atoms with E-state index in [0.717, 1.165) is 49.0 Å². The summed E-state index contributed by atoms with van der Waals surface area (Å²) in [4.78, 5) is 46.6. The van der Waals surface area contributed by atoms with Crippen molar-refractivity contribution < 1.29 is 19.1 Å². The van der Waals surface area contributed by atoms with Crippen molar-refractivity contribution in [1.82, 2.24) is 25.4 Å². The van der Waals surface area contributed by atoms with Crippen molar-refractivity contribution in [3.63, 3.8) is 0 Å². The lowest BCUT2D eigenvalue weighted by molar-refractivity contribution is 0.0600. The van der Waals surface area contributed by atoms with Crippen LogP contribution in [0, 0.1) is 13.8 Å². The number of halogens is 1. The number of hydrogen-bond donors (Lipinski definition) is 2. The van der Waals surface area contributed by atoms with Gasteiger partial charge in [-0.15, -0.1) is 0 Å². The number of methoxy groups -OCH3 is 1. The van der Waals surface area contributed by atoms with E-state index in [1.54, 1.807) is 36.5 Å². The van der Waals surface area contributed by atoms with Gasteiger partial charge in [-0.2, -0.15) is 11.3 Å². The van der Waals surface area contributed by atoms with Gasteiger partial charge in [-0.05, 0) is 91.7 Å². The Bertz CT molecular complexity index is 1370. The number of thiophene rings is 1. The van der Waals surface area contributed by atoms with E-state index in [1.807, 2.05) is 29.3 Å². The smallest absolute Gasteiger partial charge is 0.337 e. The Labute approximate surface area is 262 Å². The van der Waals surface area contributed by atoms with E-state index in [1.165, 1.54) is 7.11 Å². The predicted molar refractivity (Wildman–Crippen MR) is 170 cm³/mol. The average Bonchev–Trinajstić information content (AvgIpc) is 3.51. The first-order chi connectivity index (χ1) is 20.7. The number of amides is 3. The molecular weight excluding hydrogens is 586 g/mol. The van der Waals surface area contributed by atoms with E-state index in [2.05, 4.69) is 38.9 Å². The van der Waals surface area contributed by atoms with Gasteiger partial charge in [0.1, 0.15) is 5.15 Å². The van der Waals surface area contributed by atoms with Crippen LogP contribution in [-0.2, 0) is 17.8 Å². The van der Waals surface area contributed by atoms with E-state index >= 15 is 0 Å². The summed E-state index contributed by atoms with van der Waals surface area (Å²) < 4.78 is 4.76. The van der Waals surface area contributed by atoms with Gasteiger partial charge in [0.2, 0.25) is 0 Å². The maximum atomic E-state index is 13.4. The Kier molecular flexibility index (Phi) is 11.6. The summed E-state index contributed by atoms with van der Waals surface area (Å²) in [6, 6.07) is 11.1. The molecule has 3 amide bonds. The Morgan fingerprint density at radius 3 is 2.47 bits per heavy atom. The number of nitrogens with one attached hydrogen (secondary N) is 2.